The van der Waals surface area contributed by atoms with Crippen LogP contribution in [0, 0.1) is 6.92 Å². The quantitative estimate of drug-likeness (QED) is 0.393. The van der Waals surface area contributed by atoms with Crippen molar-refractivity contribution < 1.29 is 4.42 Å². The minimum absolute atomic E-state index is 0.336. The molecule has 1 saturated carbocycles. The fourth-order valence-corrected chi connectivity index (χ4v) is 5.37. The molecule has 0 aliphatic heterocycles. The van der Waals surface area contributed by atoms with Crippen molar-refractivity contribution in [3.63, 3.8) is 0 Å². The summed E-state index contributed by atoms with van der Waals surface area (Å²) in [5, 5.41) is 11.2. The predicted octanol–water partition coefficient (Wildman–Crippen LogP) is 5.71. The van der Waals surface area contributed by atoms with Crippen LogP contribution in [0.5, 0.6) is 0 Å². The van der Waals surface area contributed by atoms with E-state index in [0.717, 1.165) is 33.9 Å². The summed E-state index contributed by atoms with van der Waals surface area (Å²) >= 11 is 8.03. The Hall–Kier alpha value is -1.79. The average Bonchev–Trinajstić information content (AvgIpc) is 3.07. The summed E-state index contributed by atoms with van der Waals surface area (Å²) in [5.41, 5.74) is 2.15. The van der Waals surface area contributed by atoms with E-state index in [9.17, 15) is 4.79 Å². The summed E-state index contributed by atoms with van der Waals surface area (Å²) in [5.74, 6) is 1.58. The van der Waals surface area contributed by atoms with Gasteiger partial charge in [-0.25, -0.2) is 4.79 Å². The van der Waals surface area contributed by atoms with Crippen LogP contribution >= 0.6 is 23.4 Å². The summed E-state index contributed by atoms with van der Waals surface area (Å²) in [6.45, 7) is 4.05. The number of rotatable bonds is 5. The Bertz CT molecular complexity index is 1050. The third-order valence-corrected chi connectivity index (χ3v) is 6.85. The van der Waals surface area contributed by atoms with Gasteiger partial charge in [0.05, 0.1) is 0 Å². The molecule has 1 aromatic carbocycles. The van der Waals surface area contributed by atoms with Gasteiger partial charge in [-0.15, -0.1) is 10.2 Å². The highest BCUT2D eigenvalue weighted by Gasteiger charge is 2.21. The normalized spacial score (nSPS) is 15.4. The number of aryl methyl sites for hydroxylation is 2. The Morgan fingerprint density at radius 3 is 2.71 bits per heavy atom. The summed E-state index contributed by atoms with van der Waals surface area (Å²) in [7, 11) is 0. The van der Waals surface area contributed by atoms with Crippen LogP contribution in [0.1, 0.15) is 62.0 Å². The standard InChI is InChI=1S/C21H24ClN3O2S/c1-3-14-9-19-17(11-18(14)22)15(10-20(26)27-19)12-28-21-24-23-13(2)25(21)16-7-5-4-6-8-16/h9-11,16H,3-8,12H2,1-2H3. The van der Waals surface area contributed by atoms with E-state index in [4.69, 9.17) is 16.0 Å². The zero-order valence-electron chi connectivity index (χ0n) is 16.2. The molecule has 28 heavy (non-hydrogen) atoms. The van der Waals surface area contributed by atoms with Crippen LogP contribution in [-0.2, 0) is 12.2 Å². The van der Waals surface area contributed by atoms with Crippen LogP contribution in [0.25, 0.3) is 11.0 Å². The van der Waals surface area contributed by atoms with Gasteiger partial charge in [-0.1, -0.05) is 49.5 Å². The lowest BCUT2D eigenvalue weighted by atomic mass is 9.95. The molecule has 2 heterocycles. The highest BCUT2D eigenvalue weighted by molar-refractivity contribution is 7.98. The number of thioether (sulfide) groups is 1. The van der Waals surface area contributed by atoms with Crippen molar-refractivity contribution in [3.05, 3.63) is 50.6 Å². The maximum absolute atomic E-state index is 12.1. The molecule has 148 valence electrons. The maximum Gasteiger partial charge on any atom is 0.336 e. The van der Waals surface area contributed by atoms with Crippen LogP contribution in [0.4, 0.5) is 0 Å². The molecular weight excluding hydrogens is 394 g/mol. The number of nitrogens with zero attached hydrogens (tertiary/aromatic N) is 3. The molecule has 1 fully saturated rings. The molecule has 0 bridgehead atoms. The minimum Gasteiger partial charge on any atom is -0.423 e. The van der Waals surface area contributed by atoms with Crippen molar-refractivity contribution in [3.8, 4) is 0 Å². The van der Waals surface area contributed by atoms with Gasteiger partial charge in [-0.05, 0) is 49.4 Å². The number of benzene rings is 1. The molecular formula is C21H24ClN3O2S. The third-order valence-electron chi connectivity index (χ3n) is 5.51. The summed E-state index contributed by atoms with van der Waals surface area (Å²) in [6, 6.07) is 5.82. The molecule has 0 unspecified atom stereocenters. The fraction of sp³-hybridized carbons (Fsp3) is 0.476. The van der Waals surface area contributed by atoms with Gasteiger partial charge >= 0.3 is 5.63 Å². The zero-order valence-corrected chi connectivity index (χ0v) is 17.8. The highest BCUT2D eigenvalue weighted by atomic mass is 35.5. The van der Waals surface area contributed by atoms with Gasteiger partial charge in [-0.3, -0.25) is 0 Å². The van der Waals surface area contributed by atoms with Crippen molar-refractivity contribution in [2.75, 3.05) is 0 Å². The smallest absolute Gasteiger partial charge is 0.336 e. The third kappa shape index (κ3) is 3.85. The molecule has 0 atom stereocenters. The second kappa shape index (κ2) is 8.29. The molecule has 1 aliphatic rings. The first-order valence-electron chi connectivity index (χ1n) is 9.86. The number of fused-ring (bicyclic) bond motifs is 1. The van der Waals surface area contributed by atoms with Crippen molar-refractivity contribution in [1.82, 2.24) is 14.8 Å². The summed E-state index contributed by atoms with van der Waals surface area (Å²) < 4.78 is 7.70. The van der Waals surface area contributed by atoms with Gasteiger partial charge in [0.15, 0.2) is 5.16 Å². The first-order valence-corrected chi connectivity index (χ1v) is 11.2. The van der Waals surface area contributed by atoms with E-state index in [1.165, 1.54) is 32.1 Å². The van der Waals surface area contributed by atoms with Gasteiger partial charge < -0.3 is 8.98 Å². The molecule has 7 heteroatoms. The molecule has 0 spiro atoms. The van der Waals surface area contributed by atoms with Gasteiger partial charge in [0.2, 0.25) is 0 Å². The van der Waals surface area contributed by atoms with Crippen molar-refractivity contribution in [2.24, 2.45) is 0 Å². The molecule has 5 nitrogen and oxygen atoms in total. The molecule has 0 radical (unpaired) electrons. The Labute approximate surface area is 173 Å². The van der Waals surface area contributed by atoms with E-state index >= 15 is 0 Å². The Morgan fingerprint density at radius 2 is 1.96 bits per heavy atom. The molecule has 1 aliphatic carbocycles. The molecule has 0 N–H and O–H groups in total. The van der Waals surface area contributed by atoms with E-state index in [1.54, 1.807) is 17.8 Å². The van der Waals surface area contributed by atoms with Crippen LogP contribution < -0.4 is 5.63 Å². The molecule has 4 rings (SSSR count). The van der Waals surface area contributed by atoms with E-state index in [0.29, 0.717) is 22.4 Å². The van der Waals surface area contributed by atoms with E-state index in [1.807, 2.05) is 26.0 Å². The second-order valence-electron chi connectivity index (χ2n) is 7.36. The van der Waals surface area contributed by atoms with Crippen LogP contribution in [0.15, 0.2) is 32.6 Å². The molecule has 0 saturated heterocycles. The maximum atomic E-state index is 12.1. The first kappa shape index (κ1) is 19.5. The lowest BCUT2D eigenvalue weighted by Gasteiger charge is -2.25. The highest BCUT2D eigenvalue weighted by Crippen LogP contribution is 2.34. The second-order valence-corrected chi connectivity index (χ2v) is 8.71. The summed E-state index contributed by atoms with van der Waals surface area (Å²) in [4.78, 5) is 12.1. The summed E-state index contributed by atoms with van der Waals surface area (Å²) in [6.07, 6.45) is 6.98. The Morgan fingerprint density at radius 1 is 1.18 bits per heavy atom. The van der Waals surface area contributed by atoms with E-state index in [2.05, 4.69) is 14.8 Å². The number of halogens is 1. The van der Waals surface area contributed by atoms with Gasteiger partial charge in [0.1, 0.15) is 11.4 Å². The Balaban J connectivity index is 1.65. The topological polar surface area (TPSA) is 60.9 Å². The Kier molecular flexibility index (Phi) is 5.78. The van der Waals surface area contributed by atoms with Crippen molar-refractivity contribution >= 4 is 34.3 Å². The van der Waals surface area contributed by atoms with Crippen LogP contribution in [0.3, 0.4) is 0 Å². The monoisotopic (exact) mass is 417 g/mol. The van der Waals surface area contributed by atoms with Gasteiger partial charge in [-0.2, -0.15) is 0 Å². The average molecular weight is 418 g/mol. The largest absolute Gasteiger partial charge is 0.423 e. The first-order chi connectivity index (χ1) is 13.6. The lowest BCUT2D eigenvalue weighted by molar-refractivity contribution is 0.332. The molecule has 3 aromatic rings. The minimum atomic E-state index is -0.336. The number of aromatic nitrogens is 3. The van der Waals surface area contributed by atoms with Crippen molar-refractivity contribution in [2.45, 2.75) is 69.3 Å². The number of hydrogen-bond acceptors (Lipinski definition) is 5. The van der Waals surface area contributed by atoms with E-state index < -0.39 is 0 Å². The SMILES string of the molecule is CCc1cc2oc(=O)cc(CSc3nnc(C)n3C3CCCCC3)c2cc1Cl. The van der Waals surface area contributed by atoms with Gasteiger partial charge in [0, 0.05) is 28.3 Å². The lowest BCUT2D eigenvalue weighted by Crippen LogP contribution is -2.15. The predicted molar refractivity (Wildman–Crippen MR) is 113 cm³/mol. The fourth-order valence-electron chi connectivity index (χ4n) is 4.03. The van der Waals surface area contributed by atoms with Crippen molar-refractivity contribution in [1.29, 1.82) is 0 Å². The van der Waals surface area contributed by atoms with Gasteiger partial charge in [0.25, 0.3) is 0 Å². The number of hydrogen-bond donors (Lipinski definition) is 0. The van der Waals surface area contributed by atoms with Crippen LogP contribution in [-0.4, -0.2) is 14.8 Å². The zero-order chi connectivity index (χ0) is 19.7. The molecule has 0 amide bonds. The van der Waals surface area contributed by atoms with Crippen LogP contribution in [0.2, 0.25) is 5.02 Å². The molecule has 2 aromatic heterocycles. The van der Waals surface area contributed by atoms with E-state index in [-0.39, 0.29) is 5.63 Å².